The summed E-state index contributed by atoms with van der Waals surface area (Å²) in [7, 11) is 0. The van der Waals surface area contributed by atoms with Gasteiger partial charge in [0, 0.05) is 17.8 Å². The topological polar surface area (TPSA) is 29.1 Å². The Morgan fingerprint density at radius 1 is 1.17 bits per heavy atom. The van der Waals surface area contributed by atoms with Crippen LogP contribution in [0, 0.1) is 17.8 Å². The van der Waals surface area contributed by atoms with Crippen LogP contribution in [0.2, 0.25) is 0 Å². The first-order valence-electron chi connectivity index (χ1n) is 6.71. The zero-order valence-electron chi connectivity index (χ0n) is 10.4. The third-order valence-electron chi connectivity index (χ3n) is 4.35. The maximum Gasteiger partial charge on any atom is 0.223 e. The predicted octanol–water partition coefficient (Wildman–Crippen LogP) is 3.24. The van der Waals surface area contributed by atoms with Crippen molar-refractivity contribution in [3.63, 3.8) is 0 Å². The van der Waals surface area contributed by atoms with Crippen molar-refractivity contribution >= 4 is 21.8 Å². The Kier molecular flexibility index (Phi) is 3.42. The second-order valence-corrected chi connectivity index (χ2v) is 6.01. The fourth-order valence-corrected chi connectivity index (χ4v) is 3.64. The lowest BCUT2D eigenvalue weighted by molar-refractivity contribution is -0.123. The van der Waals surface area contributed by atoms with Crippen molar-refractivity contribution in [2.75, 3.05) is 0 Å². The minimum absolute atomic E-state index is 0.272. The molecule has 18 heavy (non-hydrogen) atoms. The number of carbonyl (C=O) groups is 1. The van der Waals surface area contributed by atoms with E-state index in [2.05, 4.69) is 45.5 Å². The number of carbonyl (C=O) groups excluding carboxylic acids is 1. The smallest absolute Gasteiger partial charge is 0.223 e. The third-order valence-corrected chi connectivity index (χ3v) is 5.00. The Hall–Kier alpha value is -0.830. The Balaban J connectivity index is 1.50. The van der Waals surface area contributed by atoms with Crippen molar-refractivity contribution in [2.45, 2.75) is 31.1 Å². The fourth-order valence-electron chi connectivity index (χ4n) is 3.26. The van der Waals surface area contributed by atoms with E-state index in [9.17, 15) is 4.79 Å². The molecule has 0 bridgehead atoms. The molecule has 0 aliphatic heterocycles. The summed E-state index contributed by atoms with van der Waals surface area (Å²) in [5.41, 5.74) is 2.45. The van der Waals surface area contributed by atoms with Crippen molar-refractivity contribution in [1.29, 1.82) is 0 Å². The average Bonchev–Trinajstić information content (AvgIpc) is 2.90. The quantitative estimate of drug-likeness (QED) is 0.850. The van der Waals surface area contributed by atoms with Gasteiger partial charge in [0.2, 0.25) is 5.91 Å². The van der Waals surface area contributed by atoms with E-state index in [1.54, 1.807) is 0 Å². The molecule has 2 atom stereocenters. The van der Waals surface area contributed by atoms with E-state index in [-0.39, 0.29) is 5.91 Å². The predicted molar refractivity (Wildman–Crippen MR) is 75.2 cm³/mol. The number of nitrogens with one attached hydrogen (secondary N) is 1. The van der Waals surface area contributed by atoms with Gasteiger partial charge < -0.3 is 5.32 Å². The summed E-state index contributed by atoms with van der Waals surface area (Å²) < 4.78 is 0. The van der Waals surface area contributed by atoms with Crippen molar-refractivity contribution in [3.8, 4) is 0 Å². The van der Waals surface area contributed by atoms with Gasteiger partial charge in [0.05, 0.1) is 0 Å². The van der Waals surface area contributed by atoms with E-state index in [1.165, 1.54) is 30.4 Å². The molecule has 2 aliphatic rings. The van der Waals surface area contributed by atoms with Crippen LogP contribution in [0.1, 0.15) is 30.4 Å². The molecule has 1 aromatic rings. The molecule has 1 amide bonds. The van der Waals surface area contributed by atoms with Crippen LogP contribution in [0.25, 0.3) is 0 Å². The van der Waals surface area contributed by atoms with Crippen LogP contribution >= 0.6 is 15.9 Å². The lowest BCUT2D eigenvalue weighted by atomic mass is 10.1. The molecule has 0 spiro atoms. The summed E-state index contributed by atoms with van der Waals surface area (Å²) in [6.45, 7) is 0.664. The van der Waals surface area contributed by atoms with Gasteiger partial charge in [-0.05, 0) is 35.8 Å². The lowest BCUT2D eigenvalue weighted by Gasteiger charge is -2.07. The fraction of sp³-hybridized carbons (Fsp3) is 0.533. The van der Waals surface area contributed by atoms with Crippen LogP contribution in [0.15, 0.2) is 24.3 Å². The van der Waals surface area contributed by atoms with Crippen LogP contribution in [0.5, 0.6) is 0 Å². The van der Waals surface area contributed by atoms with Crippen molar-refractivity contribution < 1.29 is 4.79 Å². The molecule has 3 heteroatoms. The maximum atomic E-state index is 12.0. The summed E-state index contributed by atoms with van der Waals surface area (Å²) in [4.78, 5) is 12.0. The molecule has 2 unspecified atom stereocenters. The molecule has 0 radical (unpaired) electrons. The van der Waals surface area contributed by atoms with Crippen LogP contribution in [0.3, 0.4) is 0 Å². The molecule has 2 fully saturated rings. The van der Waals surface area contributed by atoms with E-state index in [0.29, 0.717) is 24.3 Å². The van der Waals surface area contributed by atoms with Crippen LogP contribution in [-0.4, -0.2) is 5.91 Å². The molecule has 2 saturated carbocycles. The standard InChI is InChI=1S/C15H18BrNO/c16-8-10-4-6-11(7-5-10)9-17-15(18)14-12-2-1-3-13(12)14/h4-7,12-14H,1-3,8-9H2,(H,17,18). The van der Waals surface area contributed by atoms with Gasteiger partial charge in [0.15, 0.2) is 0 Å². The molecule has 0 heterocycles. The molecule has 96 valence electrons. The molecule has 1 aromatic carbocycles. The van der Waals surface area contributed by atoms with E-state index >= 15 is 0 Å². The van der Waals surface area contributed by atoms with Crippen LogP contribution in [0.4, 0.5) is 0 Å². The largest absolute Gasteiger partial charge is 0.352 e. The SMILES string of the molecule is O=C(NCc1ccc(CBr)cc1)C1C2CCCC21. The minimum Gasteiger partial charge on any atom is -0.352 e. The Labute approximate surface area is 116 Å². The monoisotopic (exact) mass is 307 g/mol. The van der Waals surface area contributed by atoms with Crippen molar-refractivity contribution in [3.05, 3.63) is 35.4 Å². The van der Waals surface area contributed by atoms with Gasteiger partial charge >= 0.3 is 0 Å². The molecule has 2 nitrogen and oxygen atoms in total. The third kappa shape index (κ3) is 2.33. The highest BCUT2D eigenvalue weighted by Gasteiger charge is 2.56. The molecule has 2 aliphatic carbocycles. The minimum atomic E-state index is 0.272. The number of alkyl halides is 1. The number of amides is 1. The first kappa shape index (κ1) is 12.2. The lowest BCUT2D eigenvalue weighted by Crippen LogP contribution is -2.26. The highest BCUT2D eigenvalue weighted by Crippen LogP contribution is 2.57. The Morgan fingerprint density at radius 3 is 2.39 bits per heavy atom. The molecule has 3 rings (SSSR count). The number of benzene rings is 1. The van der Waals surface area contributed by atoms with Crippen LogP contribution < -0.4 is 5.32 Å². The summed E-state index contributed by atoms with van der Waals surface area (Å²) in [5.74, 6) is 2.02. The maximum absolute atomic E-state index is 12.0. The van der Waals surface area contributed by atoms with E-state index in [0.717, 1.165) is 5.33 Å². The van der Waals surface area contributed by atoms with E-state index in [1.807, 2.05) is 0 Å². The van der Waals surface area contributed by atoms with Gasteiger partial charge in [0.1, 0.15) is 0 Å². The Morgan fingerprint density at radius 2 is 1.78 bits per heavy atom. The summed E-state index contributed by atoms with van der Waals surface area (Å²) >= 11 is 3.43. The van der Waals surface area contributed by atoms with Gasteiger partial charge in [-0.25, -0.2) is 0 Å². The van der Waals surface area contributed by atoms with Crippen molar-refractivity contribution in [1.82, 2.24) is 5.32 Å². The summed E-state index contributed by atoms with van der Waals surface area (Å²) in [6, 6.07) is 8.37. The van der Waals surface area contributed by atoms with Crippen molar-refractivity contribution in [2.24, 2.45) is 17.8 Å². The summed E-state index contributed by atoms with van der Waals surface area (Å²) in [6.07, 6.45) is 3.86. The molecule has 1 N–H and O–H groups in total. The number of hydrogen-bond acceptors (Lipinski definition) is 1. The first-order valence-corrected chi connectivity index (χ1v) is 7.83. The number of rotatable bonds is 4. The normalized spacial score (nSPS) is 28.8. The van der Waals surface area contributed by atoms with Crippen LogP contribution in [-0.2, 0) is 16.7 Å². The first-order chi connectivity index (χ1) is 8.79. The van der Waals surface area contributed by atoms with Gasteiger partial charge in [-0.1, -0.05) is 46.6 Å². The van der Waals surface area contributed by atoms with Gasteiger partial charge in [0.25, 0.3) is 0 Å². The number of hydrogen-bond donors (Lipinski definition) is 1. The molecular formula is C15H18BrNO. The molecule has 0 aromatic heterocycles. The van der Waals surface area contributed by atoms with Gasteiger partial charge in [-0.2, -0.15) is 0 Å². The molecular weight excluding hydrogens is 290 g/mol. The molecule has 0 saturated heterocycles. The van der Waals surface area contributed by atoms with E-state index in [4.69, 9.17) is 0 Å². The zero-order chi connectivity index (χ0) is 12.5. The summed E-state index contributed by atoms with van der Waals surface area (Å²) in [5, 5.41) is 3.96. The second-order valence-electron chi connectivity index (χ2n) is 5.45. The number of fused-ring (bicyclic) bond motifs is 1. The highest BCUT2D eigenvalue weighted by molar-refractivity contribution is 9.08. The Bertz CT molecular complexity index is 432. The van der Waals surface area contributed by atoms with Gasteiger partial charge in [-0.3, -0.25) is 4.79 Å². The zero-order valence-corrected chi connectivity index (χ0v) is 11.9. The average molecular weight is 308 g/mol. The van der Waals surface area contributed by atoms with Gasteiger partial charge in [-0.15, -0.1) is 0 Å². The number of halogens is 1. The van der Waals surface area contributed by atoms with E-state index < -0.39 is 0 Å². The highest BCUT2D eigenvalue weighted by atomic mass is 79.9. The second kappa shape index (κ2) is 5.04.